The lowest BCUT2D eigenvalue weighted by atomic mass is 9.54. The molecule has 0 amide bonds. The van der Waals surface area contributed by atoms with Gasteiger partial charge < -0.3 is 14.8 Å². The van der Waals surface area contributed by atoms with Crippen LogP contribution in [0.4, 0.5) is 0 Å². The molecule has 4 aliphatic rings. The zero-order valence-corrected chi connectivity index (χ0v) is 17.8. The van der Waals surface area contributed by atoms with E-state index in [1.54, 1.807) is 7.11 Å². The zero-order valence-electron chi connectivity index (χ0n) is 17.1. The van der Waals surface area contributed by atoms with Gasteiger partial charge in [-0.1, -0.05) is 29.8 Å². The van der Waals surface area contributed by atoms with Crippen LogP contribution in [0.1, 0.15) is 43.2 Å². The van der Waals surface area contributed by atoms with Gasteiger partial charge in [-0.05, 0) is 91.2 Å². The minimum atomic E-state index is 0.474. The van der Waals surface area contributed by atoms with Crippen LogP contribution in [0.25, 0.3) is 0 Å². The van der Waals surface area contributed by atoms with Crippen LogP contribution in [0.3, 0.4) is 0 Å². The summed E-state index contributed by atoms with van der Waals surface area (Å²) in [6.07, 6.45) is 7.30. The fourth-order valence-corrected chi connectivity index (χ4v) is 6.44. The molecule has 4 saturated carbocycles. The molecule has 3 nitrogen and oxygen atoms in total. The summed E-state index contributed by atoms with van der Waals surface area (Å²) in [6, 6.07) is 14.7. The normalized spacial score (nSPS) is 29.8. The minimum Gasteiger partial charge on any atom is -0.493 e. The fraction of sp³-hybridized carbons (Fsp3) is 0.520. The molecular formula is C25H30ClNO2. The van der Waals surface area contributed by atoms with Gasteiger partial charge in [0.25, 0.3) is 0 Å². The molecule has 0 saturated heterocycles. The first kappa shape index (κ1) is 19.3. The molecule has 4 bridgehead atoms. The van der Waals surface area contributed by atoms with Crippen LogP contribution < -0.4 is 14.8 Å². The number of ether oxygens (including phenoxy) is 2. The summed E-state index contributed by atoms with van der Waals surface area (Å²) >= 11 is 6.06. The molecule has 29 heavy (non-hydrogen) atoms. The van der Waals surface area contributed by atoms with Crippen molar-refractivity contribution in [2.75, 3.05) is 7.11 Å². The van der Waals surface area contributed by atoms with E-state index in [1.165, 1.54) is 37.7 Å². The Morgan fingerprint density at radius 2 is 1.66 bits per heavy atom. The van der Waals surface area contributed by atoms with Crippen molar-refractivity contribution in [3.63, 3.8) is 0 Å². The Hall–Kier alpha value is -1.71. The van der Waals surface area contributed by atoms with Crippen molar-refractivity contribution >= 4 is 11.6 Å². The van der Waals surface area contributed by atoms with Gasteiger partial charge in [0.15, 0.2) is 11.5 Å². The summed E-state index contributed by atoms with van der Waals surface area (Å²) in [6.45, 7) is 1.38. The number of methoxy groups -OCH3 is 1. The highest BCUT2D eigenvalue weighted by atomic mass is 35.5. The van der Waals surface area contributed by atoms with E-state index in [1.807, 2.05) is 30.3 Å². The number of benzene rings is 2. The molecule has 0 unspecified atom stereocenters. The average Bonchev–Trinajstić information content (AvgIpc) is 2.71. The fourth-order valence-electron chi connectivity index (χ4n) is 6.22. The van der Waals surface area contributed by atoms with Crippen molar-refractivity contribution in [2.24, 2.45) is 23.7 Å². The summed E-state index contributed by atoms with van der Waals surface area (Å²) in [5, 5.41) is 4.63. The van der Waals surface area contributed by atoms with Crippen LogP contribution in [0, 0.1) is 23.7 Å². The molecule has 0 spiro atoms. The molecule has 2 aromatic rings. The van der Waals surface area contributed by atoms with E-state index in [4.69, 9.17) is 21.1 Å². The second kappa shape index (κ2) is 8.20. The third-order valence-electron chi connectivity index (χ3n) is 7.28. The quantitative estimate of drug-likeness (QED) is 0.620. The molecule has 4 heteroatoms. The molecule has 6 rings (SSSR count). The highest BCUT2D eigenvalue weighted by Crippen LogP contribution is 2.53. The maximum atomic E-state index is 6.06. The first-order valence-electron chi connectivity index (χ1n) is 11.0. The van der Waals surface area contributed by atoms with E-state index in [0.717, 1.165) is 52.3 Å². The van der Waals surface area contributed by atoms with E-state index < -0.39 is 0 Å². The van der Waals surface area contributed by atoms with Crippen molar-refractivity contribution in [3.05, 3.63) is 58.6 Å². The third-order valence-corrected chi connectivity index (χ3v) is 7.52. The lowest BCUT2D eigenvalue weighted by Crippen LogP contribution is -2.54. The van der Waals surface area contributed by atoms with E-state index in [2.05, 4.69) is 17.4 Å². The van der Waals surface area contributed by atoms with Gasteiger partial charge in [0.05, 0.1) is 7.11 Å². The first-order chi connectivity index (χ1) is 14.2. The standard InChI is InChI=1S/C25H30ClNO2/c1-28-24-13-16(5-6-23(24)29-15-17-3-2-4-22(26)12-17)14-27-25-20-8-18-7-19(10-20)11-21(25)9-18/h2-6,12-13,18-21,25,27H,7-11,14-15H2,1H3. The van der Waals surface area contributed by atoms with Crippen molar-refractivity contribution in [1.82, 2.24) is 5.32 Å². The summed E-state index contributed by atoms with van der Waals surface area (Å²) in [4.78, 5) is 0. The van der Waals surface area contributed by atoms with Gasteiger partial charge in [0.1, 0.15) is 6.61 Å². The maximum absolute atomic E-state index is 6.06. The van der Waals surface area contributed by atoms with E-state index >= 15 is 0 Å². The Morgan fingerprint density at radius 1 is 0.897 bits per heavy atom. The molecule has 0 radical (unpaired) electrons. The number of nitrogens with one attached hydrogen (secondary N) is 1. The number of halogens is 1. The molecule has 0 aromatic heterocycles. The van der Waals surface area contributed by atoms with Gasteiger partial charge >= 0.3 is 0 Å². The zero-order chi connectivity index (χ0) is 19.8. The molecule has 4 fully saturated rings. The minimum absolute atomic E-state index is 0.474. The first-order valence-corrected chi connectivity index (χ1v) is 11.3. The highest BCUT2D eigenvalue weighted by Gasteiger charge is 2.47. The SMILES string of the molecule is COc1cc(CNC2C3CC4CC(C3)CC2C4)ccc1OCc1cccc(Cl)c1. The molecule has 2 aromatic carbocycles. The highest BCUT2D eigenvalue weighted by molar-refractivity contribution is 6.30. The Labute approximate surface area is 178 Å². The monoisotopic (exact) mass is 411 g/mol. The van der Waals surface area contributed by atoms with E-state index in [0.29, 0.717) is 12.6 Å². The Balaban J connectivity index is 1.21. The van der Waals surface area contributed by atoms with Crippen LogP contribution in [-0.2, 0) is 13.2 Å². The Kier molecular flexibility index (Phi) is 5.45. The van der Waals surface area contributed by atoms with Crippen LogP contribution in [0.5, 0.6) is 11.5 Å². The molecule has 4 aliphatic carbocycles. The number of hydrogen-bond acceptors (Lipinski definition) is 3. The van der Waals surface area contributed by atoms with Gasteiger partial charge in [0.2, 0.25) is 0 Å². The summed E-state index contributed by atoms with van der Waals surface area (Å²) < 4.78 is 11.6. The van der Waals surface area contributed by atoms with Gasteiger partial charge in [-0.3, -0.25) is 0 Å². The molecule has 0 heterocycles. The van der Waals surface area contributed by atoms with Gasteiger partial charge in [-0.2, -0.15) is 0 Å². The maximum Gasteiger partial charge on any atom is 0.161 e. The number of rotatable bonds is 7. The van der Waals surface area contributed by atoms with Crippen molar-refractivity contribution in [1.29, 1.82) is 0 Å². The molecule has 0 atom stereocenters. The predicted molar refractivity (Wildman–Crippen MR) is 116 cm³/mol. The Morgan fingerprint density at radius 3 is 2.34 bits per heavy atom. The molecular weight excluding hydrogens is 382 g/mol. The van der Waals surface area contributed by atoms with Gasteiger partial charge in [-0.25, -0.2) is 0 Å². The topological polar surface area (TPSA) is 30.5 Å². The van der Waals surface area contributed by atoms with Crippen molar-refractivity contribution in [2.45, 2.75) is 51.3 Å². The predicted octanol–water partition coefficient (Wildman–Crippen LogP) is 5.84. The summed E-state index contributed by atoms with van der Waals surface area (Å²) in [5.74, 6) is 5.39. The average molecular weight is 412 g/mol. The van der Waals surface area contributed by atoms with Crippen LogP contribution >= 0.6 is 11.6 Å². The van der Waals surface area contributed by atoms with Crippen LogP contribution in [-0.4, -0.2) is 13.2 Å². The van der Waals surface area contributed by atoms with Crippen LogP contribution in [0.15, 0.2) is 42.5 Å². The van der Waals surface area contributed by atoms with Crippen LogP contribution in [0.2, 0.25) is 5.02 Å². The van der Waals surface area contributed by atoms with Gasteiger partial charge in [0, 0.05) is 17.6 Å². The lowest BCUT2D eigenvalue weighted by Gasteiger charge is -2.54. The van der Waals surface area contributed by atoms with E-state index in [9.17, 15) is 0 Å². The third kappa shape index (κ3) is 4.13. The summed E-state index contributed by atoms with van der Waals surface area (Å²) in [7, 11) is 1.70. The molecule has 154 valence electrons. The number of hydrogen-bond donors (Lipinski definition) is 1. The second-order valence-corrected chi connectivity index (χ2v) is 9.68. The van der Waals surface area contributed by atoms with E-state index in [-0.39, 0.29) is 0 Å². The molecule has 0 aliphatic heterocycles. The van der Waals surface area contributed by atoms with Gasteiger partial charge in [-0.15, -0.1) is 0 Å². The molecule has 1 N–H and O–H groups in total. The second-order valence-electron chi connectivity index (χ2n) is 9.24. The smallest absolute Gasteiger partial charge is 0.161 e. The Bertz CT molecular complexity index is 840. The lowest BCUT2D eigenvalue weighted by molar-refractivity contribution is -0.0142. The van der Waals surface area contributed by atoms with Crippen molar-refractivity contribution in [3.8, 4) is 11.5 Å². The summed E-state index contributed by atoms with van der Waals surface area (Å²) in [5.41, 5.74) is 2.30. The largest absolute Gasteiger partial charge is 0.493 e. The van der Waals surface area contributed by atoms with Crippen molar-refractivity contribution < 1.29 is 9.47 Å².